The molecule has 20 heavy (non-hydrogen) atoms. The Balaban J connectivity index is 2.21. The van der Waals surface area contributed by atoms with Gasteiger partial charge in [0, 0.05) is 19.2 Å². The van der Waals surface area contributed by atoms with Gasteiger partial charge in [-0.1, -0.05) is 0 Å². The van der Waals surface area contributed by atoms with Crippen molar-refractivity contribution in [3.63, 3.8) is 0 Å². The summed E-state index contributed by atoms with van der Waals surface area (Å²) in [4.78, 5) is 13.8. The van der Waals surface area contributed by atoms with Gasteiger partial charge in [-0.3, -0.25) is 4.79 Å². The lowest BCUT2D eigenvalue weighted by Crippen LogP contribution is -2.51. The molecule has 1 N–H and O–H groups in total. The first kappa shape index (κ1) is 14.5. The molecule has 2 atom stereocenters. The van der Waals surface area contributed by atoms with Crippen molar-refractivity contribution in [3.05, 3.63) is 18.2 Å². The summed E-state index contributed by atoms with van der Waals surface area (Å²) >= 11 is 0. The maximum atomic E-state index is 12.2. The van der Waals surface area contributed by atoms with Crippen LogP contribution in [0.3, 0.4) is 0 Å². The Labute approximate surface area is 117 Å². The van der Waals surface area contributed by atoms with Crippen molar-refractivity contribution in [1.29, 1.82) is 0 Å². The number of aliphatic hydroxyl groups is 1. The van der Waals surface area contributed by atoms with Gasteiger partial charge in [0.25, 0.3) is 5.91 Å². The number of amides is 1. The summed E-state index contributed by atoms with van der Waals surface area (Å²) in [6.07, 6.45) is -2.38. The number of hydrogen-bond acceptors (Lipinski definition) is 5. The summed E-state index contributed by atoms with van der Waals surface area (Å²) in [6.45, 7) is 4.85. The molecule has 0 bridgehead atoms. The number of hydrogen-bond donors (Lipinski definition) is 1. The average molecular weight is 281 g/mol. The van der Waals surface area contributed by atoms with E-state index in [0.29, 0.717) is 30.3 Å². The number of aliphatic hydroxyl groups excluding tert-OH is 1. The van der Waals surface area contributed by atoms with Crippen molar-refractivity contribution >= 4 is 5.91 Å². The molecule has 1 heterocycles. The zero-order chi connectivity index (χ0) is 14.7. The van der Waals surface area contributed by atoms with Crippen LogP contribution in [0.2, 0.25) is 0 Å². The van der Waals surface area contributed by atoms with E-state index >= 15 is 0 Å². The number of methoxy groups -OCH3 is 1. The highest BCUT2D eigenvalue weighted by Gasteiger charge is 2.38. The van der Waals surface area contributed by atoms with Gasteiger partial charge >= 0.3 is 0 Å². The van der Waals surface area contributed by atoms with Gasteiger partial charge in [0.1, 0.15) is 5.75 Å². The number of ether oxygens (including phenoxy) is 3. The molecule has 6 nitrogen and oxygen atoms in total. The van der Waals surface area contributed by atoms with E-state index in [9.17, 15) is 9.90 Å². The lowest BCUT2D eigenvalue weighted by molar-refractivity contribution is -0.162. The Bertz CT molecular complexity index is 486. The van der Waals surface area contributed by atoms with Gasteiger partial charge in [-0.15, -0.1) is 0 Å². The second kappa shape index (κ2) is 6.00. The molecule has 0 aromatic heterocycles. The fourth-order valence-electron chi connectivity index (χ4n) is 2.08. The predicted molar refractivity (Wildman–Crippen MR) is 72.0 cm³/mol. The summed E-state index contributed by atoms with van der Waals surface area (Å²) < 4.78 is 16.0. The minimum Gasteiger partial charge on any atom is -0.497 e. The van der Waals surface area contributed by atoms with Gasteiger partial charge in [0.15, 0.2) is 11.5 Å². The quantitative estimate of drug-likeness (QED) is 0.892. The van der Waals surface area contributed by atoms with Gasteiger partial charge in [0.05, 0.1) is 7.11 Å². The normalized spacial score (nSPS) is 20.4. The molecular weight excluding hydrogens is 262 g/mol. The number of carbonyl (C=O) groups excluding carboxylic acids is 1. The van der Waals surface area contributed by atoms with Crippen LogP contribution in [0.25, 0.3) is 0 Å². The zero-order valence-corrected chi connectivity index (χ0v) is 11.8. The molecule has 0 saturated carbocycles. The molecule has 0 unspecified atom stereocenters. The van der Waals surface area contributed by atoms with Crippen LogP contribution in [0.5, 0.6) is 17.2 Å². The topological polar surface area (TPSA) is 68.2 Å². The summed E-state index contributed by atoms with van der Waals surface area (Å²) in [5, 5.41) is 9.95. The molecule has 0 spiro atoms. The highest BCUT2D eigenvalue weighted by molar-refractivity contribution is 5.82. The van der Waals surface area contributed by atoms with Crippen molar-refractivity contribution in [2.75, 3.05) is 20.2 Å². The van der Waals surface area contributed by atoms with Crippen molar-refractivity contribution < 1.29 is 24.1 Å². The van der Waals surface area contributed by atoms with Gasteiger partial charge < -0.3 is 24.2 Å². The Morgan fingerprint density at radius 1 is 1.30 bits per heavy atom. The third-order valence-corrected chi connectivity index (χ3v) is 3.23. The van der Waals surface area contributed by atoms with E-state index < -0.39 is 12.4 Å². The molecular formula is C14H19NO5. The Kier molecular flexibility index (Phi) is 4.34. The maximum absolute atomic E-state index is 12.2. The number of nitrogens with zero attached hydrogens (tertiary/aromatic N) is 1. The van der Waals surface area contributed by atoms with Crippen LogP contribution in [0.1, 0.15) is 13.8 Å². The number of fused-ring (bicyclic) bond motifs is 1. The van der Waals surface area contributed by atoms with Crippen LogP contribution in [-0.4, -0.2) is 48.5 Å². The molecule has 1 aliphatic heterocycles. The first-order chi connectivity index (χ1) is 9.60. The van der Waals surface area contributed by atoms with Crippen molar-refractivity contribution in [1.82, 2.24) is 4.90 Å². The Morgan fingerprint density at radius 2 is 2.00 bits per heavy atom. The molecule has 1 amide bonds. The highest BCUT2D eigenvalue weighted by Crippen LogP contribution is 2.36. The molecule has 1 aromatic carbocycles. The van der Waals surface area contributed by atoms with Gasteiger partial charge in [-0.05, 0) is 26.0 Å². The summed E-state index contributed by atoms with van der Waals surface area (Å²) in [6, 6.07) is 4.97. The lowest BCUT2D eigenvalue weighted by atomic mass is 10.2. The monoisotopic (exact) mass is 281 g/mol. The fraction of sp³-hybridized carbons (Fsp3) is 0.500. The van der Waals surface area contributed by atoms with E-state index in [1.54, 1.807) is 23.1 Å². The van der Waals surface area contributed by atoms with Crippen LogP contribution in [-0.2, 0) is 4.79 Å². The third kappa shape index (κ3) is 2.65. The van der Waals surface area contributed by atoms with Crippen molar-refractivity contribution in [2.24, 2.45) is 0 Å². The molecule has 1 aromatic rings. The van der Waals surface area contributed by atoms with E-state index in [2.05, 4.69) is 0 Å². The molecule has 1 aliphatic rings. The van der Waals surface area contributed by atoms with E-state index in [1.165, 1.54) is 7.11 Å². The Hall–Kier alpha value is -1.95. The van der Waals surface area contributed by atoms with E-state index in [0.717, 1.165) is 0 Å². The summed E-state index contributed by atoms with van der Waals surface area (Å²) in [5.41, 5.74) is 0. The smallest absolute Gasteiger partial charge is 0.270 e. The van der Waals surface area contributed by atoms with Crippen molar-refractivity contribution in [3.8, 4) is 17.2 Å². The maximum Gasteiger partial charge on any atom is 0.270 e. The predicted octanol–water partition coefficient (Wildman–Crippen LogP) is 1.02. The number of likely N-dealkylation sites (N-methyl/N-ethyl adjacent to an activating group) is 1. The van der Waals surface area contributed by atoms with E-state index in [1.807, 2.05) is 13.8 Å². The molecule has 0 fully saturated rings. The fourth-order valence-corrected chi connectivity index (χ4v) is 2.08. The van der Waals surface area contributed by atoms with Crippen LogP contribution < -0.4 is 14.2 Å². The minimum atomic E-state index is -1.33. The average Bonchev–Trinajstić information content (AvgIpc) is 2.47. The first-order valence-corrected chi connectivity index (χ1v) is 6.58. The van der Waals surface area contributed by atoms with Crippen LogP contribution in [0, 0.1) is 0 Å². The highest BCUT2D eigenvalue weighted by atomic mass is 16.7. The molecule has 0 aliphatic carbocycles. The second-order valence-corrected chi connectivity index (χ2v) is 4.37. The molecule has 0 saturated heterocycles. The summed E-state index contributed by atoms with van der Waals surface area (Å²) in [7, 11) is 1.54. The number of benzene rings is 1. The van der Waals surface area contributed by atoms with Gasteiger partial charge in [-0.25, -0.2) is 0 Å². The van der Waals surface area contributed by atoms with Crippen LogP contribution >= 0.6 is 0 Å². The first-order valence-electron chi connectivity index (χ1n) is 6.58. The lowest BCUT2D eigenvalue weighted by Gasteiger charge is -2.32. The molecule has 6 heteroatoms. The number of rotatable bonds is 4. The summed E-state index contributed by atoms with van der Waals surface area (Å²) in [5.74, 6) is 1.08. The van der Waals surface area contributed by atoms with Crippen LogP contribution in [0.15, 0.2) is 18.2 Å². The Morgan fingerprint density at radius 3 is 2.60 bits per heavy atom. The third-order valence-electron chi connectivity index (χ3n) is 3.23. The molecule has 110 valence electrons. The molecule has 2 rings (SSSR count). The van der Waals surface area contributed by atoms with Gasteiger partial charge in [-0.2, -0.15) is 0 Å². The zero-order valence-electron chi connectivity index (χ0n) is 11.8. The van der Waals surface area contributed by atoms with Crippen molar-refractivity contribution in [2.45, 2.75) is 26.2 Å². The standard InChI is InChI=1S/C14H19NO5/c1-4-15(5-2)13(16)12-14(17)20-11-8-9(18-3)6-7-10(11)19-12/h6-8,12,14,17H,4-5H2,1-3H3/t12-,14-/m1/s1. The van der Waals surface area contributed by atoms with E-state index in [-0.39, 0.29) is 5.91 Å². The molecule has 0 radical (unpaired) electrons. The SMILES string of the molecule is CCN(CC)C(=O)[C@H]1Oc2ccc(OC)cc2O[C@H]1O. The second-order valence-electron chi connectivity index (χ2n) is 4.37. The van der Waals surface area contributed by atoms with Gasteiger partial charge in [0.2, 0.25) is 12.4 Å². The largest absolute Gasteiger partial charge is 0.497 e. The van der Waals surface area contributed by atoms with Crippen LogP contribution in [0.4, 0.5) is 0 Å². The van der Waals surface area contributed by atoms with E-state index in [4.69, 9.17) is 14.2 Å². The minimum absolute atomic E-state index is 0.288. The number of carbonyl (C=O) groups is 1.